The van der Waals surface area contributed by atoms with E-state index in [2.05, 4.69) is 21.0 Å². The van der Waals surface area contributed by atoms with Crippen LogP contribution in [-0.4, -0.2) is 14.9 Å². The number of nitrogens with zero attached hydrogens (tertiary/aromatic N) is 2. The molecule has 0 aliphatic rings. The van der Waals surface area contributed by atoms with E-state index in [4.69, 9.17) is 11.6 Å². The smallest absolute Gasteiger partial charge is 0.130 e. The lowest BCUT2D eigenvalue weighted by Crippen LogP contribution is -2.09. The second kappa shape index (κ2) is 5.61. The lowest BCUT2D eigenvalue weighted by Gasteiger charge is -2.14. The lowest BCUT2D eigenvalue weighted by molar-refractivity contribution is 0.171. The number of hydrogen-bond acceptors (Lipinski definition) is 2. The summed E-state index contributed by atoms with van der Waals surface area (Å²) in [6.07, 6.45) is -0.779. The monoisotopic (exact) mass is 346 g/mol. The third-order valence-electron chi connectivity index (χ3n) is 2.98. The van der Waals surface area contributed by atoms with Gasteiger partial charge in [-0.15, -0.1) is 0 Å². The Morgan fingerprint density at radius 2 is 2.21 bits per heavy atom. The fourth-order valence-corrected chi connectivity index (χ4v) is 2.80. The molecule has 0 spiro atoms. The van der Waals surface area contributed by atoms with E-state index in [1.54, 1.807) is 17.8 Å². The highest BCUT2D eigenvalue weighted by Gasteiger charge is 2.21. The number of hydrogen-bond donors (Lipinski definition) is 1. The van der Waals surface area contributed by atoms with Crippen molar-refractivity contribution in [3.63, 3.8) is 0 Å². The Bertz CT molecular complexity index is 595. The van der Waals surface area contributed by atoms with Gasteiger partial charge in [0.25, 0.3) is 0 Å². The van der Waals surface area contributed by atoms with Gasteiger partial charge in [-0.2, -0.15) is 5.10 Å². The molecule has 2 aromatic rings. The van der Waals surface area contributed by atoms with E-state index in [9.17, 15) is 9.50 Å². The molecule has 19 heavy (non-hydrogen) atoms. The van der Waals surface area contributed by atoms with E-state index in [1.165, 1.54) is 12.1 Å². The summed E-state index contributed by atoms with van der Waals surface area (Å²) in [6, 6.07) is 4.36. The minimum atomic E-state index is -1.01. The highest BCUT2D eigenvalue weighted by molar-refractivity contribution is 9.10. The molecule has 1 atom stereocenters. The molecule has 0 amide bonds. The number of halogens is 3. The summed E-state index contributed by atoms with van der Waals surface area (Å²) in [5.74, 6) is -0.505. The zero-order valence-electron chi connectivity index (χ0n) is 10.5. The van der Waals surface area contributed by atoms with Crippen molar-refractivity contribution in [2.24, 2.45) is 7.05 Å². The molecule has 1 unspecified atom stereocenters. The molecule has 1 heterocycles. The maximum atomic E-state index is 13.7. The molecular formula is C13H13BrClFN2O. The summed E-state index contributed by atoms with van der Waals surface area (Å²) < 4.78 is 16.2. The number of rotatable bonds is 3. The summed E-state index contributed by atoms with van der Waals surface area (Å²) in [6.45, 7) is 1.86. The highest BCUT2D eigenvalue weighted by Crippen LogP contribution is 2.30. The molecule has 3 nitrogen and oxygen atoms in total. The molecule has 0 fully saturated rings. The van der Waals surface area contributed by atoms with E-state index in [0.29, 0.717) is 0 Å². The predicted molar refractivity (Wildman–Crippen MR) is 75.7 cm³/mol. The van der Waals surface area contributed by atoms with Crippen LogP contribution in [0, 0.1) is 12.7 Å². The molecule has 0 saturated carbocycles. The Morgan fingerprint density at radius 1 is 1.53 bits per heavy atom. The van der Waals surface area contributed by atoms with Crippen LogP contribution in [0.25, 0.3) is 0 Å². The molecule has 1 aromatic carbocycles. The van der Waals surface area contributed by atoms with Gasteiger partial charge in [-0.05, 0) is 35.0 Å². The van der Waals surface area contributed by atoms with Crippen molar-refractivity contribution in [3.05, 3.63) is 50.5 Å². The van der Waals surface area contributed by atoms with E-state index >= 15 is 0 Å². The van der Waals surface area contributed by atoms with Crippen LogP contribution < -0.4 is 0 Å². The molecular weight excluding hydrogens is 335 g/mol. The maximum Gasteiger partial charge on any atom is 0.130 e. The maximum absolute atomic E-state index is 13.7. The van der Waals surface area contributed by atoms with Crippen molar-refractivity contribution in [3.8, 4) is 0 Å². The van der Waals surface area contributed by atoms with Crippen LogP contribution in [0.2, 0.25) is 5.02 Å². The Morgan fingerprint density at radius 3 is 2.74 bits per heavy atom. The minimum Gasteiger partial charge on any atom is -0.388 e. The van der Waals surface area contributed by atoms with Gasteiger partial charge in [0.05, 0.1) is 22.0 Å². The molecule has 1 N–H and O–H groups in total. The SMILES string of the molecule is Cc1nn(C)c(CC(O)c2c(F)cccc2Cl)c1Br. The van der Waals surface area contributed by atoms with Gasteiger partial charge in [-0.25, -0.2) is 4.39 Å². The zero-order chi connectivity index (χ0) is 14.2. The standard InChI is InChI=1S/C13H13BrClFN2O/c1-7-13(14)10(18(2)17-7)6-11(19)12-8(15)4-3-5-9(12)16/h3-5,11,19H,6H2,1-2H3. The van der Waals surface area contributed by atoms with Gasteiger partial charge in [0.1, 0.15) is 5.82 Å². The van der Waals surface area contributed by atoms with Crippen molar-refractivity contribution < 1.29 is 9.50 Å². The van der Waals surface area contributed by atoms with Gasteiger partial charge in [0.2, 0.25) is 0 Å². The number of aliphatic hydroxyl groups excluding tert-OH is 1. The minimum absolute atomic E-state index is 0.120. The number of benzene rings is 1. The van der Waals surface area contributed by atoms with Crippen molar-refractivity contribution in [2.45, 2.75) is 19.4 Å². The van der Waals surface area contributed by atoms with Gasteiger partial charge in [-0.3, -0.25) is 4.68 Å². The van der Waals surface area contributed by atoms with Gasteiger partial charge in [-0.1, -0.05) is 17.7 Å². The summed E-state index contributed by atoms with van der Waals surface area (Å²) in [4.78, 5) is 0. The molecule has 0 saturated heterocycles. The normalized spacial score (nSPS) is 12.7. The first kappa shape index (κ1) is 14.5. The number of aromatic nitrogens is 2. The Labute approximate surface area is 124 Å². The van der Waals surface area contributed by atoms with E-state index in [0.717, 1.165) is 15.9 Å². The molecule has 6 heteroatoms. The van der Waals surface area contributed by atoms with Crippen LogP contribution in [0.1, 0.15) is 23.1 Å². The third kappa shape index (κ3) is 2.83. The van der Waals surface area contributed by atoms with Crippen LogP contribution in [0.5, 0.6) is 0 Å². The van der Waals surface area contributed by atoms with Crippen LogP contribution in [0.4, 0.5) is 4.39 Å². The first-order valence-electron chi connectivity index (χ1n) is 5.71. The highest BCUT2D eigenvalue weighted by atomic mass is 79.9. The van der Waals surface area contributed by atoms with E-state index in [1.807, 2.05) is 6.92 Å². The molecule has 0 aliphatic heterocycles. The van der Waals surface area contributed by atoms with E-state index < -0.39 is 11.9 Å². The van der Waals surface area contributed by atoms with E-state index in [-0.39, 0.29) is 17.0 Å². The van der Waals surface area contributed by atoms with Crippen LogP contribution in [0.15, 0.2) is 22.7 Å². The quantitative estimate of drug-likeness (QED) is 0.922. The van der Waals surface area contributed by atoms with Gasteiger partial charge in [0, 0.05) is 24.1 Å². The topological polar surface area (TPSA) is 38.0 Å². The fraction of sp³-hybridized carbons (Fsp3) is 0.308. The molecule has 1 aromatic heterocycles. The molecule has 2 rings (SSSR count). The summed E-state index contributed by atoms with van der Waals surface area (Å²) in [5, 5.41) is 14.7. The van der Waals surface area contributed by atoms with Crippen LogP contribution in [-0.2, 0) is 13.5 Å². The summed E-state index contributed by atoms with van der Waals surface area (Å²) in [7, 11) is 1.78. The lowest BCUT2D eigenvalue weighted by atomic mass is 10.0. The largest absolute Gasteiger partial charge is 0.388 e. The van der Waals surface area contributed by atoms with Gasteiger partial charge >= 0.3 is 0 Å². The Balaban J connectivity index is 2.33. The average molecular weight is 348 g/mol. The molecule has 0 radical (unpaired) electrons. The summed E-state index contributed by atoms with van der Waals surface area (Å²) >= 11 is 9.36. The van der Waals surface area contributed by atoms with Crippen molar-refractivity contribution in [1.29, 1.82) is 0 Å². The number of aliphatic hydroxyl groups is 1. The number of aryl methyl sites for hydroxylation is 2. The first-order valence-corrected chi connectivity index (χ1v) is 6.89. The van der Waals surface area contributed by atoms with Crippen molar-refractivity contribution in [2.75, 3.05) is 0 Å². The van der Waals surface area contributed by atoms with Crippen molar-refractivity contribution in [1.82, 2.24) is 9.78 Å². The predicted octanol–water partition coefficient (Wildman–Crippen LogP) is 3.56. The van der Waals surface area contributed by atoms with Crippen LogP contribution >= 0.6 is 27.5 Å². The average Bonchev–Trinajstić information content (AvgIpc) is 2.56. The molecule has 0 aliphatic carbocycles. The second-order valence-electron chi connectivity index (χ2n) is 4.32. The first-order chi connectivity index (χ1) is 8.91. The van der Waals surface area contributed by atoms with Crippen molar-refractivity contribution >= 4 is 27.5 Å². The second-order valence-corrected chi connectivity index (χ2v) is 5.53. The zero-order valence-corrected chi connectivity index (χ0v) is 12.8. The van der Waals surface area contributed by atoms with Crippen LogP contribution in [0.3, 0.4) is 0 Å². The summed E-state index contributed by atoms with van der Waals surface area (Å²) in [5.41, 5.74) is 1.74. The fourth-order valence-electron chi connectivity index (χ4n) is 2.02. The van der Waals surface area contributed by atoms with Gasteiger partial charge < -0.3 is 5.11 Å². The van der Waals surface area contributed by atoms with Gasteiger partial charge in [0.15, 0.2) is 0 Å². The molecule has 102 valence electrons. The third-order valence-corrected chi connectivity index (χ3v) is 4.34. The Kier molecular flexibility index (Phi) is 4.28. The Hall–Kier alpha value is -0.910. The molecule has 0 bridgehead atoms.